The van der Waals surface area contributed by atoms with Crippen molar-refractivity contribution in [3.63, 3.8) is 0 Å². The van der Waals surface area contributed by atoms with E-state index in [1.807, 2.05) is 30.4 Å². The van der Waals surface area contributed by atoms with E-state index in [0.29, 0.717) is 4.32 Å². The molecule has 0 atom stereocenters. The third-order valence-corrected chi connectivity index (χ3v) is 19.8. The molecule has 0 aromatic heterocycles. The second kappa shape index (κ2) is 36.7. The summed E-state index contributed by atoms with van der Waals surface area (Å²) in [5.74, 6) is 2.25. The molecule has 0 unspecified atom stereocenters. The summed E-state index contributed by atoms with van der Waals surface area (Å²) in [4.78, 5) is 4.59. The minimum atomic E-state index is 0. The molecule has 0 saturated heterocycles. The Labute approximate surface area is 527 Å². The summed E-state index contributed by atoms with van der Waals surface area (Å²) in [7, 11) is 0. The van der Waals surface area contributed by atoms with Gasteiger partial charge in [0, 0.05) is 65.7 Å². The summed E-state index contributed by atoms with van der Waals surface area (Å²) in [6, 6.07) is 28.7. The molecule has 1 N–H and O–H groups in total. The van der Waals surface area contributed by atoms with Crippen molar-refractivity contribution in [3.8, 4) is 22.3 Å². The van der Waals surface area contributed by atoms with Gasteiger partial charge in [0.2, 0.25) is 0 Å². The summed E-state index contributed by atoms with van der Waals surface area (Å²) < 4.78 is 2.58. The molecule has 0 bridgehead atoms. The molecule has 3 nitrogen and oxygen atoms in total. The van der Waals surface area contributed by atoms with E-state index < -0.39 is 0 Å². The van der Waals surface area contributed by atoms with Gasteiger partial charge in [0.1, 0.15) is 8.64 Å². The zero-order valence-corrected chi connectivity index (χ0v) is 57.8. The maximum atomic E-state index is 5.66. The van der Waals surface area contributed by atoms with E-state index in [2.05, 4.69) is 200 Å². The van der Waals surface area contributed by atoms with Gasteiger partial charge in [-0.25, -0.2) is 0 Å². The van der Waals surface area contributed by atoms with E-state index in [1.54, 1.807) is 22.3 Å². The number of thioether (sulfide) groups is 2. The molecule has 408 valence electrons. The molecule has 75 heavy (non-hydrogen) atoms. The van der Waals surface area contributed by atoms with Crippen molar-refractivity contribution in [1.82, 2.24) is 15.1 Å². The number of benzene rings is 4. The van der Waals surface area contributed by atoms with Crippen molar-refractivity contribution < 1.29 is 29.6 Å². The van der Waals surface area contributed by atoms with Gasteiger partial charge >= 0.3 is 29.6 Å². The molecule has 6 rings (SSSR count). The van der Waals surface area contributed by atoms with E-state index in [1.165, 1.54) is 147 Å². The van der Waals surface area contributed by atoms with Gasteiger partial charge in [-0.15, -0.1) is 0 Å². The van der Waals surface area contributed by atoms with Crippen LogP contribution in [-0.2, 0) is 23.5 Å². The van der Waals surface area contributed by atoms with Crippen LogP contribution in [0.25, 0.3) is 22.3 Å². The number of aryl methyl sites for hydroxylation is 4. The summed E-state index contributed by atoms with van der Waals surface area (Å²) in [6.45, 7) is 24.6. The van der Waals surface area contributed by atoms with Gasteiger partial charge in [-0.2, -0.15) is 0 Å². The maximum Gasteiger partial charge on any atom is 1.00 e. The zero-order valence-electron chi connectivity index (χ0n) is 47.7. The van der Waals surface area contributed by atoms with Crippen LogP contribution in [0.4, 0.5) is 0 Å². The Kier molecular flexibility index (Phi) is 33.6. The van der Waals surface area contributed by atoms with E-state index in [4.69, 9.17) is 24.4 Å². The minimum absolute atomic E-state index is 0. The van der Waals surface area contributed by atoms with E-state index in [0.717, 1.165) is 63.5 Å². The van der Waals surface area contributed by atoms with Crippen LogP contribution in [0.2, 0.25) is 0 Å². The van der Waals surface area contributed by atoms with E-state index in [9.17, 15) is 0 Å². The number of nitrogens with one attached hydrogen (secondary N) is 1. The van der Waals surface area contributed by atoms with Crippen LogP contribution >= 0.6 is 92.0 Å². The molecule has 2 aliphatic carbocycles. The Morgan fingerprint density at radius 2 is 0.747 bits per heavy atom. The molecule has 12 heteroatoms. The molecule has 0 aliphatic heterocycles. The fourth-order valence-electron chi connectivity index (χ4n) is 11.2. The van der Waals surface area contributed by atoms with Gasteiger partial charge in [-0.1, -0.05) is 231 Å². The predicted molar refractivity (Wildman–Crippen MR) is 355 cm³/mol. The molecule has 0 fully saturated rings. The number of nitrogens with zero attached hydrogens (tertiary/aromatic N) is 2. The molecule has 0 heterocycles. The predicted octanol–water partition coefficient (Wildman–Crippen LogP) is 16.3. The molecular formula is C63H90Br2N3NaS6. The quantitative estimate of drug-likeness (QED) is 0.0205. The van der Waals surface area contributed by atoms with E-state index in [-0.39, 0.29) is 40.4 Å². The minimum Gasteiger partial charge on any atom is -0.412 e. The Morgan fingerprint density at radius 1 is 0.467 bits per heavy atom. The number of rotatable bonds is 27. The average Bonchev–Trinajstić information content (AvgIpc) is 3.79. The Hall–Kier alpha value is -0.570. The first kappa shape index (κ1) is 68.7. The molecular weight excluding hydrogens is 1170 g/mol. The Morgan fingerprint density at radius 3 is 0.973 bits per heavy atom. The Bertz CT molecular complexity index is 2210. The number of unbranched alkanes of at least 4 members (excludes halogenated alkanes) is 8. The van der Waals surface area contributed by atoms with Gasteiger partial charge in [0.05, 0.1) is 0 Å². The van der Waals surface area contributed by atoms with Crippen molar-refractivity contribution in [2.45, 2.75) is 176 Å². The number of hydrogen-bond acceptors (Lipinski definition) is 6. The van der Waals surface area contributed by atoms with Crippen LogP contribution < -0.4 is 34.9 Å². The van der Waals surface area contributed by atoms with Gasteiger partial charge in [0.15, 0.2) is 0 Å². The van der Waals surface area contributed by atoms with Crippen molar-refractivity contribution in [2.24, 2.45) is 0 Å². The van der Waals surface area contributed by atoms with Crippen molar-refractivity contribution in [1.29, 1.82) is 0 Å². The summed E-state index contributed by atoms with van der Waals surface area (Å²) >= 11 is 31.3. The van der Waals surface area contributed by atoms with Gasteiger partial charge in [-0.3, -0.25) is 0 Å². The van der Waals surface area contributed by atoms with Crippen LogP contribution in [-0.4, -0.2) is 77.7 Å². The summed E-state index contributed by atoms with van der Waals surface area (Å²) in [5, 5.41) is 5.00. The number of hydrogen-bond donors (Lipinski definition) is 1. The molecule has 0 amide bonds. The largest absolute Gasteiger partial charge is 1.00 e. The van der Waals surface area contributed by atoms with E-state index >= 15 is 0 Å². The third-order valence-electron chi connectivity index (χ3n) is 15.1. The number of fused-ring (bicyclic) bond motifs is 6. The number of alkyl halides is 2. The fourth-order valence-corrected chi connectivity index (χ4v) is 15.2. The van der Waals surface area contributed by atoms with Crippen LogP contribution in [0.15, 0.2) is 72.8 Å². The van der Waals surface area contributed by atoms with Crippen LogP contribution in [0.5, 0.6) is 0 Å². The number of halogens is 2. The van der Waals surface area contributed by atoms with Gasteiger partial charge < -0.3 is 40.0 Å². The SMILES string of the molecule is CCN(CC)C(=S)SCCCCCC1(CCCCCSC(=S)N(CC)CC)c2cc(C)ccc2-c2ccc(C)cc21.CCNC(=S)[S-].Cc1ccc2c(c1)C(CCCCCBr)(CCCCCBr)c1cc(C)ccc1-2.[Na+]. The molecule has 4 aromatic rings. The topological polar surface area (TPSA) is 18.5 Å². The van der Waals surface area contributed by atoms with Gasteiger partial charge in [-0.05, 0) is 158 Å². The van der Waals surface area contributed by atoms with Crippen LogP contribution in [0, 0.1) is 27.7 Å². The first-order valence-electron chi connectivity index (χ1n) is 28.1. The molecule has 0 saturated carbocycles. The summed E-state index contributed by atoms with van der Waals surface area (Å²) in [6.07, 6.45) is 20.3. The average molecular weight is 1260 g/mol. The first-order valence-corrected chi connectivity index (χ1v) is 33.9. The maximum absolute atomic E-state index is 5.66. The van der Waals surface area contributed by atoms with Crippen molar-refractivity contribution in [3.05, 3.63) is 117 Å². The van der Waals surface area contributed by atoms with Crippen LogP contribution in [0.1, 0.15) is 182 Å². The molecule has 0 spiro atoms. The smallest absolute Gasteiger partial charge is 0.412 e. The molecule has 0 radical (unpaired) electrons. The fraction of sp³-hybridized carbons (Fsp3) is 0.571. The molecule has 2 aliphatic rings. The van der Waals surface area contributed by atoms with Crippen molar-refractivity contribution >= 4 is 118 Å². The zero-order chi connectivity index (χ0) is 54.1. The normalized spacial score (nSPS) is 12.9. The summed E-state index contributed by atoms with van der Waals surface area (Å²) in [5.41, 5.74) is 18.1. The molecule has 4 aromatic carbocycles. The second-order valence-electron chi connectivity index (χ2n) is 20.4. The first-order chi connectivity index (χ1) is 35.7. The second-order valence-corrected chi connectivity index (χ2v) is 26.5. The van der Waals surface area contributed by atoms with Crippen LogP contribution in [0.3, 0.4) is 0 Å². The Balaban J connectivity index is 0.000000374. The van der Waals surface area contributed by atoms with Crippen molar-refractivity contribution in [2.75, 3.05) is 54.9 Å². The standard InChI is InChI=1S/C35H52N2S4.C25H32Br2.C3H7NS2.Na/c1-7-36(8-2)33(38)40-23-15-11-13-21-35(22-14-12-16-24-41-34(39)37(9-3)10-4)31-25-27(5)17-19-29(31)30-20-18-28(6)26-32(30)35;1-19-9-11-21-22-12-10-20(2)18-24(22)25(23(21)17-19,13-5-3-7-15-26)14-6-4-8-16-27;1-2-4-3(5)6;/h17-20,25-26H,7-16,21-24H2,1-6H3;9-12,17-18H,3-8,13-16H2,1-2H3;2H2,1H3,(H2,4,5,6);/q;;;+1/p-1. The number of thiocarbonyl (C=S) groups is 3. The van der Waals surface area contributed by atoms with Gasteiger partial charge in [0.25, 0.3) is 0 Å². The monoisotopic (exact) mass is 1260 g/mol. The third kappa shape index (κ3) is 20.1.